The second kappa shape index (κ2) is 8.55. The molecular weight excluding hydrogens is 354 g/mol. The lowest BCUT2D eigenvalue weighted by atomic mass is 10.0. The first-order valence-electron chi connectivity index (χ1n) is 10.1. The molecule has 1 amide bonds. The third-order valence-electron chi connectivity index (χ3n) is 5.42. The standard InChI is InChI=1S/C23H27NO4/c1-26-20-14-13-17(15-21(20)27-19-9-5-6-10-19)22(16-11-12-16)28-23(25)24-18-7-3-2-4-8-18/h2-4,7-8,13-16,19,22H,5-6,9-12H2,1H3,(H,24,25). The molecule has 1 atom stereocenters. The Bertz CT molecular complexity index is 798. The highest BCUT2D eigenvalue weighted by Crippen LogP contribution is 2.45. The lowest BCUT2D eigenvalue weighted by Gasteiger charge is -2.21. The van der Waals surface area contributed by atoms with Crippen molar-refractivity contribution < 1.29 is 19.0 Å². The van der Waals surface area contributed by atoms with Crippen LogP contribution in [0.25, 0.3) is 0 Å². The molecule has 0 spiro atoms. The highest BCUT2D eigenvalue weighted by Gasteiger charge is 2.36. The number of carbonyl (C=O) groups excluding carboxylic acids is 1. The minimum atomic E-state index is -0.433. The van der Waals surface area contributed by atoms with Crippen molar-refractivity contribution in [2.24, 2.45) is 5.92 Å². The largest absolute Gasteiger partial charge is 0.493 e. The van der Waals surface area contributed by atoms with Gasteiger partial charge in [-0.05, 0) is 68.4 Å². The molecule has 2 saturated carbocycles. The number of nitrogens with one attached hydrogen (secondary N) is 1. The molecule has 4 rings (SSSR count). The van der Waals surface area contributed by atoms with E-state index in [9.17, 15) is 4.79 Å². The van der Waals surface area contributed by atoms with Crippen LogP contribution in [-0.2, 0) is 4.74 Å². The SMILES string of the molecule is COc1ccc(C(OC(=O)Nc2ccccc2)C2CC2)cc1OC1CCCC1. The highest BCUT2D eigenvalue weighted by molar-refractivity contribution is 5.84. The van der Waals surface area contributed by atoms with Gasteiger partial charge >= 0.3 is 6.09 Å². The maximum Gasteiger partial charge on any atom is 0.412 e. The Morgan fingerprint density at radius 1 is 1.00 bits per heavy atom. The Morgan fingerprint density at radius 3 is 2.43 bits per heavy atom. The van der Waals surface area contributed by atoms with Crippen molar-refractivity contribution >= 4 is 11.8 Å². The number of benzene rings is 2. The van der Waals surface area contributed by atoms with Crippen LogP contribution in [0.4, 0.5) is 10.5 Å². The van der Waals surface area contributed by atoms with Crippen LogP contribution in [0.1, 0.15) is 50.2 Å². The summed E-state index contributed by atoms with van der Waals surface area (Å²) < 4.78 is 17.5. The molecule has 28 heavy (non-hydrogen) atoms. The summed E-state index contributed by atoms with van der Waals surface area (Å²) in [6, 6.07) is 15.2. The van der Waals surface area contributed by atoms with Crippen molar-refractivity contribution in [1.82, 2.24) is 0 Å². The fourth-order valence-electron chi connectivity index (χ4n) is 3.77. The topological polar surface area (TPSA) is 56.8 Å². The first-order chi connectivity index (χ1) is 13.7. The summed E-state index contributed by atoms with van der Waals surface area (Å²) in [5.74, 6) is 1.82. The number of para-hydroxylation sites is 1. The summed E-state index contributed by atoms with van der Waals surface area (Å²) in [4.78, 5) is 12.4. The lowest BCUT2D eigenvalue weighted by Crippen LogP contribution is -2.19. The molecule has 2 aliphatic carbocycles. The van der Waals surface area contributed by atoms with Crippen LogP contribution in [-0.4, -0.2) is 19.3 Å². The molecule has 2 aliphatic rings. The van der Waals surface area contributed by atoms with Gasteiger partial charge in [-0.25, -0.2) is 4.79 Å². The zero-order valence-corrected chi connectivity index (χ0v) is 16.2. The highest BCUT2D eigenvalue weighted by atomic mass is 16.6. The third-order valence-corrected chi connectivity index (χ3v) is 5.42. The Labute approximate surface area is 166 Å². The van der Waals surface area contributed by atoms with Crippen LogP contribution < -0.4 is 14.8 Å². The molecule has 0 aliphatic heterocycles. The quantitative estimate of drug-likeness (QED) is 0.667. The predicted octanol–water partition coefficient (Wildman–Crippen LogP) is 5.72. The maximum atomic E-state index is 12.4. The van der Waals surface area contributed by atoms with E-state index in [4.69, 9.17) is 14.2 Å². The van der Waals surface area contributed by atoms with E-state index in [1.54, 1.807) is 7.11 Å². The molecule has 2 fully saturated rings. The van der Waals surface area contributed by atoms with Gasteiger partial charge in [0.2, 0.25) is 0 Å². The molecule has 5 heteroatoms. The summed E-state index contributed by atoms with van der Waals surface area (Å²) in [6.07, 6.45) is 6.23. The number of anilines is 1. The van der Waals surface area contributed by atoms with Crippen LogP contribution in [0, 0.1) is 5.92 Å². The number of methoxy groups -OCH3 is 1. The molecule has 0 saturated heterocycles. The molecule has 5 nitrogen and oxygen atoms in total. The summed E-state index contributed by atoms with van der Waals surface area (Å²) in [6.45, 7) is 0. The summed E-state index contributed by atoms with van der Waals surface area (Å²) in [5, 5.41) is 2.80. The predicted molar refractivity (Wildman–Crippen MR) is 108 cm³/mol. The normalized spacial score (nSPS) is 17.8. The average molecular weight is 381 g/mol. The van der Waals surface area contributed by atoms with Gasteiger partial charge in [-0.2, -0.15) is 0 Å². The van der Waals surface area contributed by atoms with Gasteiger partial charge in [0.05, 0.1) is 13.2 Å². The summed E-state index contributed by atoms with van der Waals surface area (Å²) >= 11 is 0. The van der Waals surface area contributed by atoms with Crippen molar-refractivity contribution in [3.63, 3.8) is 0 Å². The van der Waals surface area contributed by atoms with Gasteiger partial charge in [0.1, 0.15) is 6.10 Å². The van der Waals surface area contributed by atoms with Gasteiger partial charge in [0, 0.05) is 11.6 Å². The monoisotopic (exact) mass is 381 g/mol. The maximum absolute atomic E-state index is 12.4. The molecule has 2 aromatic carbocycles. The molecule has 2 aromatic rings. The number of carbonyl (C=O) groups is 1. The van der Waals surface area contributed by atoms with Crippen molar-refractivity contribution in [1.29, 1.82) is 0 Å². The second-order valence-corrected chi connectivity index (χ2v) is 7.59. The van der Waals surface area contributed by atoms with Crippen LogP contribution in [0.2, 0.25) is 0 Å². The number of amides is 1. The molecule has 0 radical (unpaired) electrons. The molecule has 0 bridgehead atoms. The van der Waals surface area contributed by atoms with E-state index in [1.807, 2.05) is 48.5 Å². The van der Waals surface area contributed by atoms with Crippen LogP contribution >= 0.6 is 0 Å². The number of hydrogen-bond donors (Lipinski definition) is 1. The lowest BCUT2D eigenvalue weighted by molar-refractivity contribution is 0.0970. The Morgan fingerprint density at radius 2 is 1.75 bits per heavy atom. The summed E-state index contributed by atoms with van der Waals surface area (Å²) in [7, 11) is 1.65. The molecule has 0 heterocycles. The molecule has 1 N–H and O–H groups in total. The number of ether oxygens (including phenoxy) is 3. The van der Waals surface area contributed by atoms with E-state index in [0.29, 0.717) is 5.92 Å². The first-order valence-corrected chi connectivity index (χ1v) is 10.1. The first kappa shape index (κ1) is 18.7. The van der Waals surface area contributed by atoms with Crippen molar-refractivity contribution in [2.45, 2.75) is 50.7 Å². The molecule has 0 aromatic heterocycles. The molecule has 1 unspecified atom stereocenters. The van der Waals surface area contributed by atoms with Gasteiger partial charge in [0.15, 0.2) is 11.5 Å². The van der Waals surface area contributed by atoms with E-state index in [1.165, 1.54) is 12.8 Å². The van der Waals surface area contributed by atoms with Gasteiger partial charge in [0.25, 0.3) is 0 Å². The zero-order chi connectivity index (χ0) is 19.3. The molecular formula is C23H27NO4. The number of hydrogen-bond acceptors (Lipinski definition) is 4. The van der Waals surface area contributed by atoms with Gasteiger partial charge < -0.3 is 14.2 Å². The van der Waals surface area contributed by atoms with E-state index in [2.05, 4.69) is 5.32 Å². The second-order valence-electron chi connectivity index (χ2n) is 7.59. The molecule has 148 valence electrons. The fraction of sp³-hybridized carbons (Fsp3) is 0.435. The number of rotatable bonds is 7. The van der Waals surface area contributed by atoms with Gasteiger partial charge in [-0.1, -0.05) is 24.3 Å². The minimum Gasteiger partial charge on any atom is -0.493 e. The zero-order valence-electron chi connectivity index (χ0n) is 16.2. The van der Waals surface area contributed by atoms with Gasteiger partial charge in [-0.15, -0.1) is 0 Å². The van der Waals surface area contributed by atoms with E-state index in [-0.39, 0.29) is 12.2 Å². The third kappa shape index (κ3) is 4.58. The minimum absolute atomic E-state index is 0.242. The fourth-order valence-corrected chi connectivity index (χ4v) is 3.77. The Hall–Kier alpha value is -2.69. The van der Waals surface area contributed by atoms with Crippen LogP contribution in [0.15, 0.2) is 48.5 Å². The van der Waals surface area contributed by atoms with E-state index >= 15 is 0 Å². The van der Waals surface area contributed by atoms with Crippen molar-refractivity contribution in [3.05, 3.63) is 54.1 Å². The van der Waals surface area contributed by atoms with Crippen molar-refractivity contribution in [3.8, 4) is 11.5 Å². The Kier molecular flexibility index (Phi) is 5.70. The van der Waals surface area contributed by atoms with Gasteiger partial charge in [-0.3, -0.25) is 5.32 Å². The van der Waals surface area contributed by atoms with Crippen LogP contribution in [0.3, 0.4) is 0 Å². The smallest absolute Gasteiger partial charge is 0.412 e. The van der Waals surface area contributed by atoms with Crippen molar-refractivity contribution in [2.75, 3.05) is 12.4 Å². The Balaban J connectivity index is 1.49. The summed E-state index contributed by atoms with van der Waals surface area (Å²) in [5.41, 5.74) is 1.68. The van der Waals surface area contributed by atoms with Crippen LogP contribution in [0.5, 0.6) is 11.5 Å². The van der Waals surface area contributed by atoms with E-state index < -0.39 is 6.09 Å². The average Bonchev–Trinajstić information content (AvgIpc) is 3.43. The van der Waals surface area contributed by atoms with E-state index in [0.717, 1.165) is 48.4 Å².